The number of rotatable bonds is 5. The minimum absolute atomic E-state index is 0.232. The second-order valence-electron chi connectivity index (χ2n) is 4.18. The Morgan fingerprint density at radius 3 is 2.61 bits per heavy atom. The smallest absolute Gasteiger partial charge is 0.163 e. The summed E-state index contributed by atoms with van der Waals surface area (Å²) >= 11 is 6.22. The molecule has 2 rings (SSSR count). The fourth-order valence-corrected chi connectivity index (χ4v) is 2.07. The summed E-state index contributed by atoms with van der Waals surface area (Å²) in [5, 5.41) is 3.99. The molecule has 0 aliphatic carbocycles. The Bertz CT molecular complexity index is 411. The van der Waals surface area contributed by atoms with Gasteiger partial charge in [-0.05, 0) is 6.42 Å². The lowest BCUT2D eigenvalue weighted by Crippen LogP contribution is -2.24. The van der Waals surface area contributed by atoms with Crippen LogP contribution in [0.25, 0.3) is 0 Å². The molecule has 1 heterocycles. The van der Waals surface area contributed by atoms with Crippen molar-refractivity contribution in [2.75, 3.05) is 32.2 Å². The number of anilines is 1. The van der Waals surface area contributed by atoms with Gasteiger partial charge in [0.15, 0.2) is 11.5 Å². The summed E-state index contributed by atoms with van der Waals surface area (Å²) in [4.78, 5) is 0. The van der Waals surface area contributed by atoms with E-state index < -0.39 is 0 Å². The van der Waals surface area contributed by atoms with Crippen molar-refractivity contribution in [2.45, 2.75) is 19.4 Å². The number of ether oxygens (including phenoxy) is 3. The lowest BCUT2D eigenvalue weighted by Gasteiger charge is -2.22. The summed E-state index contributed by atoms with van der Waals surface area (Å²) < 4.78 is 16.2. The van der Waals surface area contributed by atoms with Gasteiger partial charge in [-0.15, -0.1) is 0 Å². The van der Waals surface area contributed by atoms with Crippen LogP contribution in [0.15, 0.2) is 12.1 Å². The summed E-state index contributed by atoms with van der Waals surface area (Å²) in [6, 6.07) is 3.91. The Hall–Kier alpha value is -1.13. The first kappa shape index (κ1) is 13.3. The van der Waals surface area contributed by atoms with Gasteiger partial charge in [0.05, 0.1) is 17.3 Å². The molecule has 1 aromatic carbocycles. The van der Waals surface area contributed by atoms with Gasteiger partial charge in [0.1, 0.15) is 13.2 Å². The Morgan fingerprint density at radius 2 is 2.00 bits per heavy atom. The van der Waals surface area contributed by atoms with Crippen LogP contribution in [-0.2, 0) is 4.74 Å². The predicted molar refractivity (Wildman–Crippen MR) is 72.0 cm³/mol. The monoisotopic (exact) mass is 271 g/mol. The zero-order valence-electron chi connectivity index (χ0n) is 10.7. The second kappa shape index (κ2) is 6.16. The summed E-state index contributed by atoms with van der Waals surface area (Å²) in [6.45, 7) is 3.88. The van der Waals surface area contributed by atoms with Gasteiger partial charge in [-0.1, -0.05) is 18.5 Å². The van der Waals surface area contributed by atoms with E-state index in [9.17, 15) is 0 Å². The van der Waals surface area contributed by atoms with Crippen molar-refractivity contribution in [2.24, 2.45) is 0 Å². The number of methoxy groups -OCH3 is 1. The Balaban J connectivity index is 2.17. The first-order chi connectivity index (χ1) is 8.74. The van der Waals surface area contributed by atoms with Crippen LogP contribution < -0.4 is 14.8 Å². The highest BCUT2D eigenvalue weighted by atomic mass is 35.5. The lowest BCUT2D eigenvalue weighted by molar-refractivity contribution is 0.171. The molecular formula is C13H18ClNO3. The van der Waals surface area contributed by atoms with Crippen LogP contribution in [0.3, 0.4) is 0 Å². The molecule has 1 atom stereocenters. The molecule has 100 valence electrons. The molecule has 5 heteroatoms. The van der Waals surface area contributed by atoms with Crippen molar-refractivity contribution >= 4 is 17.3 Å². The molecule has 1 aliphatic heterocycles. The zero-order chi connectivity index (χ0) is 13.0. The predicted octanol–water partition coefficient (Wildman–Crippen LogP) is 2.95. The molecule has 18 heavy (non-hydrogen) atoms. The van der Waals surface area contributed by atoms with Crippen LogP contribution in [0.4, 0.5) is 5.69 Å². The molecule has 4 nitrogen and oxygen atoms in total. The first-order valence-electron chi connectivity index (χ1n) is 6.09. The molecule has 0 saturated carbocycles. The molecule has 0 saturated heterocycles. The van der Waals surface area contributed by atoms with Crippen molar-refractivity contribution in [3.63, 3.8) is 0 Å². The third kappa shape index (κ3) is 3.00. The van der Waals surface area contributed by atoms with Gasteiger partial charge in [-0.3, -0.25) is 0 Å². The Labute approximate surface area is 112 Å². The fourth-order valence-electron chi connectivity index (χ4n) is 1.86. The largest absolute Gasteiger partial charge is 0.486 e. The standard InChI is InChI=1S/C13H18ClNO3/c1-3-9(8-16-2)15-11-7-13-12(6-10(11)14)17-4-5-18-13/h6-7,9,15H,3-5,8H2,1-2H3. The van der Waals surface area contributed by atoms with Crippen LogP contribution in [0.5, 0.6) is 11.5 Å². The van der Waals surface area contributed by atoms with Gasteiger partial charge in [0, 0.05) is 25.3 Å². The van der Waals surface area contributed by atoms with E-state index in [2.05, 4.69) is 12.2 Å². The fraction of sp³-hybridized carbons (Fsp3) is 0.538. The van der Waals surface area contributed by atoms with Crippen LogP contribution in [0.2, 0.25) is 5.02 Å². The van der Waals surface area contributed by atoms with Gasteiger partial charge >= 0.3 is 0 Å². The second-order valence-corrected chi connectivity index (χ2v) is 4.59. The minimum Gasteiger partial charge on any atom is -0.486 e. The van der Waals surface area contributed by atoms with Crippen molar-refractivity contribution < 1.29 is 14.2 Å². The third-order valence-electron chi connectivity index (χ3n) is 2.85. The van der Waals surface area contributed by atoms with Crippen molar-refractivity contribution in [3.05, 3.63) is 17.2 Å². The molecule has 0 bridgehead atoms. The van der Waals surface area contributed by atoms with E-state index in [1.165, 1.54) is 0 Å². The van der Waals surface area contributed by atoms with Crippen molar-refractivity contribution in [3.8, 4) is 11.5 Å². The van der Waals surface area contributed by atoms with E-state index in [4.69, 9.17) is 25.8 Å². The number of halogens is 1. The van der Waals surface area contributed by atoms with E-state index in [-0.39, 0.29) is 6.04 Å². The maximum Gasteiger partial charge on any atom is 0.163 e. The van der Waals surface area contributed by atoms with Gasteiger partial charge in [-0.2, -0.15) is 0 Å². The summed E-state index contributed by atoms with van der Waals surface area (Å²) in [7, 11) is 1.69. The zero-order valence-corrected chi connectivity index (χ0v) is 11.4. The molecule has 0 spiro atoms. The maximum absolute atomic E-state index is 6.22. The van der Waals surface area contributed by atoms with Crippen LogP contribution in [0.1, 0.15) is 13.3 Å². The molecule has 1 aromatic rings. The van der Waals surface area contributed by atoms with E-state index in [0.29, 0.717) is 30.6 Å². The van der Waals surface area contributed by atoms with E-state index in [1.807, 2.05) is 6.07 Å². The molecular weight excluding hydrogens is 254 g/mol. The van der Waals surface area contributed by atoms with Crippen molar-refractivity contribution in [1.29, 1.82) is 0 Å². The highest BCUT2D eigenvalue weighted by molar-refractivity contribution is 6.33. The molecule has 0 aromatic heterocycles. The average Bonchev–Trinajstić information content (AvgIpc) is 2.39. The molecule has 1 aliphatic rings. The average molecular weight is 272 g/mol. The molecule has 0 radical (unpaired) electrons. The summed E-state index contributed by atoms with van der Waals surface area (Å²) in [6.07, 6.45) is 0.957. The van der Waals surface area contributed by atoms with E-state index in [1.54, 1.807) is 13.2 Å². The van der Waals surface area contributed by atoms with E-state index >= 15 is 0 Å². The van der Waals surface area contributed by atoms with Gasteiger partial charge < -0.3 is 19.5 Å². The molecule has 1 N–H and O–H groups in total. The number of nitrogens with one attached hydrogen (secondary N) is 1. The minimum atomic E-state index is 0.232. The molecule has 0 amide bonds. The summed E-state index contributed by atoms with van der Waals surface area (Å²) in [5.74, 6) is 1.44. The van der Waals surface area contributed by atoms with Gasteiger partial charge in [0.2, 0.25) is 0 Å². The highest BCUT2D eigenvalue weighted by Gasteiger charge is 2.16. The quantitative estimate of drug-likeness (QED) is 0.894. The van der Waals surface area contributed by atoms with Crippen molar-refractivity contribution in [1.82, 2.24) is 0 Å². The van der Waals surface area contributed by atoms with Crippen LogP contribution >= 0.6 is 11.6 Å². The summed E-state index contributed by atoms with van der Waals surface area (Å²) in [5.41, 5.74) is 0.852. The van der Waals surface area contributed by atoms with E-state index in [0.717, 1.165) is 17.9 Å². The Morgan fingerprint density at radius 1 is 1.33 bits per heavy atom. The first-order valence-corrected chi connectivity index (χ1v) is 6.47. The SMILES string of the molecule is CCC(COC)Nc1cc2c(cc1Cl)OCCO2. The highest BCUT2D eigenvalue weighted by Crippen LogP contribution is 2.38. The lowest BCUT2D eigenvalue weighted by atomic mass is 10.2. The normalized spacial score (nSPS) is 15.3. The number of benzene rings is 1. The van der Waals surface area contributed by atoms with Crippen LogP contribution in [-0.4, -0.2) is 33.0 Å². The maximum atomic E-state index is 6.22. The number of fused-ring (bicyclic) bond motifs is 1. The Kier molecular flexibility index (Phi) is 4.55. The van der Waals surface area contributed by atoms with Gasteiger partial charge in [0.25, 0.3) is 0 Å². The number of hydrogen-bond acceptors (Lipinski definition) is 4. The third-order valence-corrected chi connectivity index (χ3v) is 3.16. The molecule has 1 unspecified atom stereocenters. The van der Waals surface area contributed by atoms with Crippen LogP contribution in [0, 0.1) is 0 Å². The molecule has 0 fully saturated rings. The van der Waals surface area contributed by atoms with Gasteiger partial charge in [-0.25, -0.2) is 0 Å². The number of hydrogen-bond donors (Lipinski definition) is 1. The topological polar surface area (TPSA) is 39.7 Å².